The summed E-state index contributed by atoms with van der Waals surface area (Å²) in [6, 6.07) is -4.14. The van der Waals surface area contributed by atoms with E-state index >= 15 is 0 Å². The van der Waals surface area contributed by atoms with Crippen molar-refractivity contribution in [2.45, 2.75) is 76.5 Å². The van der Waals surface area contributed by atoms with Crippen molar-refractivity contribution in [1.29, 1.82) is 0 Å². The van der Waals surface area contributed by atoms with Crippen molar-refractivity contribution in [2.24, 2.45) is 33.8 Å². The molecule has 0 spiro atoms. The Morgan fingerprint density at radius 1 is 1.00 bits per heavy atom. The van der Waals surface area contributed by atoms with Crippen molar-refractivity contribution < 1.29 is 24.3 Å². The number of H-pyrrole nitrogens is 1. The lowest BCUT2D eigenvalue weighted by atomic mass is 10.0. The number of nitrogens with one attached hydrogen (secondary N) is 4. The van der Waals surface area contributed by atoms with Crippen LogP contribution in [-0.4, -0.2) is 82.0 Å². The van der Waals surface area contributed by atoms with Crippen molar-refractivity contribution in [3.63, 3.8) is 0 Å². The largest absolute Gasteiger partial charge is 0.480 e. The molecule has 0 aliphatic heterocycles. The lowest BCUT2D eigenvalue weighted by Gasteiger charge is -2.27. The van der Waals surface area contributed by atoms with Gasteiger partial charge in [0, 0.05) is 24.9 Å². The van der Waals surface area contributed by atoms with Gasteiger partial charge in [0.1, 0.15) is 18.1 Å². The lowest BCUT2D eigenvalue weighted by Crippen LogP contribution is -2.58. The summed E-state index contributed by atoms with van der Waals surface area (Å²) in [5.74, 6) is -3.50. The number of unbranched alkanes of at least 4 members (excludes halogenated alkanes) is 1. The number of nitrogens with two attached hydrogens (primary N) is 4. The van der Waals surface area contributed by atoms with Crippen molar-refractivity contribution in [3.8, 4) is 0 Å². The minimum absolute atomic E-state index is 0.0859. The van der Waals surface area contributed by atoms with E-state index in [4.69, 9.17) is 22.9 Å². The standard InChI is InChI=1S/C23H42N10O5/c1-13(2)18(21(36)32-17(22(37)38)7-5-9-29-23(26)27)33-20(35)16(6-3-4-8-24)31-19(34)15(25)10-14-11-28-12-30-14/h11-13,15-18H,3-10,24-25H2,1-2H3,(H,28,30)(H,31,34)(H,32,36)(H,33,35)(H,37,38)(H4,26,27,29). The summed E-state index contributed by atoms with van der Waals surface area (Å²) in [4.78, 5) is 61.1. The molecular formula is C23H42N10O5. The molecule has 0 aliphatic carbocycles. The average Bonchev–Trinajstić information content (AvgIpc) is 3.35. The van der Waals surface area contributed by atoms with E-state index < -0.39 is 47.9 Å². The predicted molar refractivity (Wildman–Crippen MR) is 141 cm³/mol. The molecule has 0 fully saturated rings. The molecular weight excluding hydrogens is 496 g/mol. The highest BCUT2D eigenvalue weighted by atomic mass is 16.4. The number of hydrogen-bond acceptors (Lipinski definition) is 8. The summed E-state index contributed by atoms with van der Waals surface area (Å²) in [5, 5.41) is 17.3. The molecule has 0 saturated heterocycles. The molecule has 15 nitrogen and oxygen atoms in total. The third kappa shape index (κ3) is 12.0. The molecule has 1 rings (SSSR count). The molecule has 1 aromatic heterocycles. The van der Waals surface area contributed by atoms with Crippen LogP contribution < -0.4 is 38.9 Å². The Bertz CT molecular complexity index is 918. The Labute approximate surface area is 222 Å². The molecule has 15 heteroatoms. The highest BCUT2D eigenvalue weighted by Gasteiger charge is 2.31. The first-order chi connectivity index (χ1) is 18.0. The molecule has 0 aromatic carbocycles. The van der Waals surface area contributed by atoms with Crippen LogP contribution in [0.1, 0.15) is 51.6 Å². The first-order valence-corrected chi connectivity index (χ1v) is 12.6. The van der Waals surface area contributed by atoms with E-state index in [0.29, 0.717) is 31.5 Å². The summed E-state index contributed by atoms with van der Waals surface area (Å²) in [6.07, 6.45) is 5.09. The second-order valence-electron chi connectivity index (χ2n) is 9.31. The summed E-state index contributed by atoms with van der Waals surface area (Å²) in [5.41, 5.74) is 22.8. The number of carboxylic acid groups (broad SMARTS) is 1. The van der Waals surface area contributed by atoms with E-state index in [9.17, 15) is 24.3 Å². The molecule has 0 radical (unpaired) electrons. The molecule has 4 atom stereocenters. The van der Waals surface area contributed by atoms with E-state index in [1.807, 2.05) is 0 Å². The summed E-state index contributed by atoms with van der Waals surface area (Å²) in [7, 11) is 0. The van der Waals surface area contributed by atoms with Crippen LogP contribution in [-0.2, 0) is 25.6 Å². The van der Waals surface area contributed by atoms with Crippen LogP contribution in [0.4, 0.5) is 0 Å². The fourth-order valence-corrected chi connectivity index (χ4v) is 3.58. The first-order valence-electron chi connectivity index (χ1n) is 12.6. The van der Waals surface area contributed by atoms with Gasteiger partial charge in [0.05, 0.1) is 12.4 Å². The van der Waals surface area contributed by atoms with Crippen LogP contribution in [0.25, 0.3) is 0 Å². The van der Waals surface area contributed by atoms with Gasteiger partial charge >= 0.3 is 5.97 Å². The molecule has 1 aromatic rings. The summed E-state index contributed by atoms with van der Waals surface area (Å²) >= 11 is 0. The van der Waals surface area contributed by atoms with Crippen molar-refractivity contribution in [3.05, 3.63) is 18.2 Å². The van der Waals surface area contributed by atoms with Crippen LogP contribution in [0.2, 0.25) is 0 Å². The van der Waals surface area contributed by atoms with Crippen molar-refractivity contribution in [2.75, 3.05) is 13.1 Å². The molecule has 13 N–H and O–H groups in total. The molecule has 0 saturated carbocycles. The quantitative estimate of drug-likeness (QED) is 0.0545. The minimum atomic E-state index is -1.23. The monoisotopic (exact) mass is 538 g/mol. The predicted octanol–water partition coefficient (Wildman–Crippen LogP) is -2.34. The van der Waals surface area contributed by atoms with Crippen molar-refractivity contribution in [1.82, 2.24) is 25.9 Å². The van der Waals surface area contributed by atoms with Gasteiger partial charge in [0.2, 0.25) is 17.7 Å². The Balaban J connectivity index is 2.88. The van der Waals surface area contributed by atoms with Gasteiger partial charge in [0.25, 0.3) is 0 Å². The SMILES string of the molecule is CC(C)C(NC(=O)C(CCCCN)NC(=O)C(N)Cc1cnc[nH]1)C(=O)NC(CCCN=C(N)N)C(=O)O. The van der Waals surface area contributed by atoms with Crippen LogP contribution in [0.3, 0.4) is 0 Å². The average molecular weight is 539 g/mol. The Kier molecular flexibility index (Phi) is 14.4. The van der Waals surface area contributed by atoms with Gasteiger partial charge in [-0.2, -0.15) is 0 Å². The first kappa shape index (κ1) is 32.3. The van der Waals surface area contributed by atoms with Gasteiger partial charge in [-0.3, -0.25) is 19.4 Å². The fraction of sp³-hybridized carbons (Fsp3) is 0.652. The van der Waals surface area contributed by atoms with E-state index in [1.54, 1.807) is 20.0 Å². The van der Waals surface area contributed by atoms with E-state index in [0.717, 1.165) is 0 Å². The minimum Gasteiger partial charge on any atom is -0.480 e. The molecule has 4 unspecified atom stereocenters. The molecule has 1 heterocycles. The van der Waals surface area contributed by atoms with Gasteiger partial charge in [-0.25, -0.2) is 9.78 Å². The number of hydrogen-bond donors (Lipinski definition) is 9. The van der Waals surface area contributed by atoms with E-state index in [2.05, 4.69) is 30.9 Å². The van der Waals surface area contributed by atoms with Crippen LogP contribution in [0, 0.1) is 5.92 Å². The maximum absolute atomic E-state index is 13.2. The number of aliphatic carboxylic acids is 1. The molecule has 0 bridgehead atoms. The fourth-order valence-electron chi connectivity index (χ4n) is 3.58. The number of nitrogens with zero attached hydrogens (tertiary/aromatic N) is 2. The number of amides is 3. The smallest absolute Gasteiger partial charge is 0.326 e. The van der Waals surface area contributed by atoms with Gasteiger partial charge in [-0.15, -0.1) is 0 Å². The molecule has 214 valence electrons. The zero-order valence-corrected chi connectivity index (χ0v) is 22.0. The third-order valence-electron chi connectivity index (χ3n) is 5.72. The van der Waals surface area contributed by atoms with Gasteiger partial charge in [-0.1, -0.05) is 13.8 Å². The van der Waals surface area contributed by atoms with E-state index in [1.165, 1.54) is 6.33 Å². The normalized spacial score (nSPS) is 14.1. The summed E-state index contributed by atoms with van der Waals surface area (Å²) in [6.45, 7) is 4.04. The number of imidazole rings is 1. The number of aromatic amines is 1. The number of aromatic nitrogens is 2. The van der Waals surface area contributed by atoms with Crippen molar-refractivity contribution >= 4 is 29.7 Å². The number of carbonyl (C=O) groups is 4. The van der Waals surface area contributed by atoms with Gasteiger partial charge < -0.3 is 49.0 Å². The molecule has 38 heavy (non-hydrogen) atoms. The zero-order valence-electron chi connectivity index (χ0n) is 22.0. The second kappa shape index (κ2) is 16.9. The number of carbonyl (C=O) groups excluding carboxylic acids is 3. The van der Waals surface area contributed by atoms with Crippen LogP contribution >= 0.6 is 0 Å². The maximum atomic E-state index is 13.2. The second-order valence-corrected chi connectivity index (χ2v) is 9.31. The summed E-state index contributed by atoms with van der Waals surface area (Å²) < 4.78 is 0. The number of aliphatic imine (C=N–C) groups is 1. The third-order valence-corrected chi connectivity index (χ3v) is 5.72. The Morgan fingerprint density at radius 3 is 2.21 bits per heavy atom. The van der Waals surface area contributed by atoms with Gasteiger partial charge in [0.15, 0.2) is 5.96 Å². The number of carboxylic acids is 1. The van der Waals surface area contributed by atoms with Crippen LogP contribution in [0.5, 0.6) is 0 Å². The Morgan fingerprint density at radius 2 is 1.66 bits per heavy atom. The van der Waals surface area contributed by atoms with Crippen LogP contribution in [0.15, 0.2) is 17.5 Å². The highest BCUT2D eigenvalue weighted by Crippen LogP contribution is 2.08. The number of rotatable bonds is 18. The molecule has 0 aliphatic rings. The highest BCUT2D eigenvalue weighted by molar-refractivity contribution is 5.94. The zero-order chi connectivity index (χ0) is 28.7. The molecule has 3 amide bonds. The van der Waals surface area contributed by atoms with E-state index in [-0.39, 0.29) is 37.7 Å². The maximum Gasteiger partial charge on any atom is 0.326 e. The number of guanidine groups is 1. The topological polar surface area (TPSA) is 270 Å². The van der Waals surface area contributed by atoms with Gasteiger partial charge in [-0.05, 0) is 44.6 Å². The Hall–Kier alpha value is -3.72. The lowest BCUT2D eigenvalue weighted by molar-refractivity contribution is -0.142.